The number of hydrogen-bond acceptors (Lipinski definition) is 5. The Morgan fingerprint density at radius 3 is 2.87 bits per heavy atom. The van der Waals surface area contributed by atoms with Gasteiger partial charge >= 0.3 is 5.97 Å². The predicted octanol–water partition coefficient (Wildman–Crippen LogP) is 4.29. The molecule has 0 atom stereocenters. The Morgan fingerprint density at radius 2 is 2.13 bits per heavy atom. The monoisotopic (exact) mass is 331 g/mol. The smallest absolute Gasteiger partial charge is 0.350 e. The van der Waals surface area contributed by atoms with E-state index >= 15 is 0 Å². The maximum atomic E-state index is 14.0. The molecule has 0 saturated carbocycles. The summed E-state index contributed by atoms with van der Waals surface area (Å²) in [5.41, 5.74) is 1.11. The van der Waals surface area contributed by atoms with Crippen molar-refractivity contribution < 1.29 is 19.0 Å². The molecule has 0 unspecified atom stereocenters. The van der Waals surface area contributed by atoms with E-state index in [2.05, 4.69) is 4.98 Å². The predicted molar refractivity (Wildman–Crippen MR) is 87.4 cm³/mol. The van der Waals surface area contributed by atoms with Crippen molar-refractivity contribution >= 4 is 28.1 Å². The summed E-state index contributed by atoms with van der Waals surface area (Å²) in [5.74, 6) is -0.869. The molecule has 0 aliphatic heterocycles. The van der Waals surface area contributed by atoms with Crippen LogP contribution in [0.25, 0.3) is 21.3 Å². The Bertz CT molecular complexity index is 904. The molecule has 23 heavy (non-hydrogen) atoms. The van der Waals surface area contributed by atoms with E-state index in [9.17, 15) is 14.3 Å². The van der Waals surface area contributed by atoms with Crippen LogP contribution in [0.4, 0.5) is 4.39 Å². The van der Waals surface area contributed by atoms with Crippen molar-refractivity contribution in [1.82, 2.24) is 4.98 Å². The lowest BCUT2D eigenvalue weighted by Gasteiger charge is -2.05. The fourth-order valence-electron chi connectivity index (χ4n) is 2.36. The summed E-state index contributed by atoms with van der Waals surface area (Å²) in [7, 11) is 0. The minimum Gasteiger partial charge on any atom is -0.507 e. The Balaban J connectivity index is 2.12. The molecule has 0 saturated heterocycles. The molecule has 1 heterocycles. The average molecular weight is 331 g/mol. The lowest BCUT2D eigenvalue weighted by Crippen LogP contribution is -2.03. The van der Waals surface area contributed by atoms with E-state index in [-0.39, 0.29) is 12.4 Å². The van der Waals surface area contributed by atoms with Crippen LogP contribution in [0.3, 0.4) is 0 Å². The zero-order valence-corrected chi connectivity index (χ0v) is 13.4. The SMILES string of the molecule is CCOC(=O)c1sc(-c2cc(O)c3cccc(F)c3c2)nc1C. The first kappa shape index (κ1) is 15.4. The minimum atomic E-state index is -0.426. The Morgan fingerprint density at radius 1 is 1.35 bits per heavy atom. The highest BCUT2D eigenvalue weighted by molar-refractivity contribution is 7.17. The summed E-state index contributed by atoms with van der Waals surface area (Å²) in [6, 6.07) is 7.67. The molecule has 0 aliphatic rings. The van der Waals surface area contributed by atoms with E-state index in [0.717, 1.165) is 11.3 Å². The van der Waals surface area contributed by atoms with Crippen molar-refractivity contribution in [2.24, 2.45) is 0 Å². The number of phenols is 1. The average Bonchev–Trinajstić information content (AvgIpc) is 2.90. The van der Waals surface area contributed by atoms with Crippen LogP contribution in [0.2, 0.25) is 0 Å². The van der Waals surface area contributed by atoms with Crippen molar-refractivity contribution in [3.05, 3.63) is 46.7 Å². The number of fused-ring (bicyclic) bond motifs is 1. The molecule has 1 N–H and O–H groups in total. The second-order valence-corrected chi connectivity index (χ2v) is 5.98. The minimum absolute atomic E-state index is 0.0254. The maximum absolute atomic E-state index is 14.0. The topological polar surface area (TPSA) is 59.4 Å². The number of carbonyl (C=O) groups excluding carboxylic acids is 1. The summed E-state index contributed by atoms with van der Waals surface area (Å²) < 4.78 is 19.0. The van der Waals surface area contributed by atoms with E-state index in [4.69, 9.17) is 4.74 Å². The molecule has 118 valence electrons. The summed E-state index contributed by atoms with van der Waals surface area (Å²) in [5, 5.41) is 11.4. The van der Waals surface area contributed by atoms with Gasteiger partial charge in [-0.3, -0.25) is 0 Å². The lowest BCUT2D eigenvalue weighted by molar-refractivity contribution is 0.0531. The molecule has 6 heteroatoms. The summed E-state index contributed by atoms with van der Waals surface area (Å²) in [6.45, 7) is 3.74. The van der Waals surface area contributed by atoms with E-state index in [0.29, 0.717) is 31.9 Å². The molecule has 2 aromatic carbocycles. The molecule has 3 rings (SSSR count). The van der Waals surface area contributed by atoms with Gasteiger partial charge in [-0.05, 0) is 32.0 Å². The van der Waals surface area contributed by atoms with Crippen LogP contribution in [0.5, 0.6) is 5.75 Å². The second-order valence-electron chi connectivity index (χ2n) is 4.98. The number of benzene rings is 2. The van der Waals surface area contributed by atoms with Gasteiger partial charge in [0, 0.05) is 16.3 Å². The Kier molecular flexibility index (Phi) is 4.00. The molecule has 1 aromatic heterocycles. The number of aromatic nitrogens is 1. The van der Waals surface area contributed by atoms with E-state index in [1.54, 1.807) is 32.0 Å². The van der Waals surface area contributed by atoms with Crippen molar-refractivity contribution in [3.8, 4) is 16.3 Å². The van der Waals surface area contributed by atoms with Gasteiger partial charge in [0.1, 0.15) is 21.5 Å². The normalized spacial score (nSPS) is 10.9. The number of hydrogen-bond donors (Lipinski definition) is 1. The molecule has 0 radical (unpaired) electrons. The second kappa shape index (κ2) is 5.96. The third-order valence-electron chi connectivity index (χ3n) is 3.43. The molecule has 0 amide bonds. The molecule has 0 aliphatic carbocycles. The highest BCUT2D eigenvalue weighted by atomic mass is 32.1. The maximum Gasteiger partial charge on any atom is 0.350 e. The van der Waals surface area contributed by atoms with Gasteiger partial charge in [0.25, 0.3) is 0 Å². The van der Waals surface area contributed by atoms with Crippen LogP contribution < -0.4 is 0 Å². The molecule has 3 aromatic rings. The largest absolute Gasteiger partial charge is 0.507 e. The van der Waals surface area contributed by atoms with E-state index in [1.165, 1.54) is 12.1 Å². The summed E-state index contributed by atoms with van der Waals surface area (Å²) >= 11 is 1.16. The number of halogens is 1. The highest BCUT2D eigenvalue weighted by Gasteiger charge is 2.18. The third-order valence-corrected chi connectivity index (χ3v) is 4.61. The van der Waals surface area contributed by atoms with Crippen LogP contribution >= 0.6 is 11.3 Å². The summed E-state index contributed by atoms with van der Waals surface area (Å²) in [4.78, 5) is 16.6. The fraction of sp³-hybridized carbons (Fsp3) is 0.176. The van der Waals surface area contributed by atoms with Gasteiger partial charge in [-0.15, -0.1) is 11.3 Å². The summed E-state index contributed by atoms with van der Waals surface area (Å²) in [6.07, 6.45) is 0. The van der Waals surface area contributed by atoms with Crippen molar-refractivity contribution in [2.45, 2.75) is 13.8 Å². The Hall–Kier alpha value is -2.47. The quantitative estimate of drug-likeness (QED) is 0.727. The van der Waals surface area contributed by atoms with Gasteiger partial charge in [0.2, 0.25) is 0 Å². The number of phenolic OH excluding ortho intramolecular Hbond substituents is 1. The fourth-order valence-corrected chi connectivity index (χ4v) is 3.31. The first-order valence-electron chi connectivity index (χ1n) is 7.07. The van der Waals surface area contributed by atoms with Gasteiger partial charge in [-0.2, -0.15) is 0 Å². The zero-order valence-electron chi connectivity index (χ0n) is 12.6. The molecule has 0 bridgehead atoms. The number of nitrogens with zero attached hydrogens (tertiary/aromatic N) is 1. The first-order chi connectivity index (χ1) is 11.0. The third kappa shape index (κ3) is 2.77. The molecular weight excluding hydrogens is 317 g/mol. The van der Waals surface area contributed by atoms with Crippen LogP contribution in [-0.4, -0.2) is 22.7 Å². The standard InChI is InChI=1S/C17H14FNO3S/c1-3-22-17(21)15-9(2)19-16(23-15)10-7-12-11(14(20)8-10)5-4-6-13(12)18/h4-8,20H,3H2,1-2H3. The van der Waals surface area contributed by atoms with Crippen LogP contribution in [0.1, 0.15) is 22.3 Å². The number of ether oxygens (including phenoxy) is 1. The highest BCUT2D eigenvalue weighted by Crippen LogP contribution is 2.35. The van der Waals surface area contributed by atoms with Gasteiger partial charge < -0.3 is 9.84 Å². The molecule has 0 spiro atoms. The number of aryl methyl sites for hydroxylation is 1. The lowest BCUT2D eigenvalue weighted by atomic mass is 10.1. The van der Waals surface area contributed by atoms with Crippen LogP contribution in [-0.2, 0) is 4.74 Å². The van der Waals surface area contributed by atoms with Gasteiger partial charge in [0.05, 0.1) is 12.3 Å². The molecule has 4 nitrogen and oxygen atoms in total. The van der Waals surface area contributed by atoms with Crippen molar-refractivity contribution in [2.75, 3.05) is 6.61 Å². The Labute approximate surface area is 136 Å². The van der Waals surface area contributed by atoms with E-state index < -0.39 is 11.8 Å². The number of rotatable bonds is 3. The van der Waals surface area contributed by atoms with Crippen LogP contribution in [0.15, 0.2) is 30.3 Å². The van der Waals surface area contributed by atoms with Gasteiger partial charge in [0.15, 0.2) is 0 Å². The van der Waals surface area contributed by atoms with Crippen LogP contribution in [0, 0.1) is 12.7 Å². The van der Waals surface area contributed by atoms with Crippen molar-refractivity contribution in [1.29, 1.82) is 0 Å². The number of carbonyl (C=O) groups is 1. The molecular formula is C17H14FNO3S. The van der Waals surface area contributed by atoms with E-state index in [1.807, 2.05) is 0 Å². The van der Waals surface area contributed by atoms with Crippen molar-refractivity contribution in [3.63, 3.8) is 0 Å². The number of aromatic hydroxyl groups is 1. The molecule has 0 fully saturated rings. The van der Waals surface area contributed by atoms with Gasteiger partial charge in [-0.1, -0.05) is 12.1 Å². The van der Waals surface area contributed by atoms with Gasteiger partial charge in [-0.25, -0.2) is 14.2 Å². The number of esters is 1. The first-order valence-corrected chi connectivity index (χ1v) is 7.89. The zero-order chi connectivity index (χ0) is 16.6. The number of thiazole rings is 1.